The van der Waals surface area contributed by atoms with Crippen LogP contribution in [0.5, 0.6) is 0 Å². The second-order valence-corrected chi connectivity index (χ2v) is 8.33. The molecular formula is C18H19ClN2O3S. The van der Waals surface area contributed by atoms with E-state index in [2.05, 4.69) is 10.0 Å². The summed E-state index contributed by atoms with van der Waals surface area (Å²) in [7, 11) is -3.73. The summed E-state index contributed by atoms with van der Waals surface area (Å²) in [4.78, 5) is 12.5. The first-order chi connectivity index (χ1) is 11.8. The summed E-state index contributed by atoms with van der Waals surface area (Å²) < 4.78 is 27.4. The summed E-state index contributed by atoms with van der Waals surface area (Å²) in [5, 5.41) is 2.92. The van der Waals surface area contributed by atoms with Gasteiger partial charge in [-0.3, -0.25) is 4.79 Å². The minimum Gasteiger partial charge on any atom is -0.322 e. The molecule has 1 amide bonds. The third-order valence-corrected chi connectivity index (χ3v) is 6.24. The summed E-state index contributed by atoms with van der Waals surface area (Å²) in [6, 6.07) is 9.85. The normalized spacial score (nSPS) is 14.4. The third kappa shape index (κ3) is 4.03. The summed E-state index contributed by atoms with van der Waals surface area (Å²) in [5.41, 5.74) is 2.96. The Bertz CT molecular complexity index is 937. The molecule has 2 aromatic carbocycles. The van der Waals surface area contributed by atoms with Gasteiger partial charge in [0.15, 0.2) is 0 Å². The van der Waals surface area contributed by atoms with Crippen LogP contribution in [0.3, 0.4) is 0 Å². The molecule has 1 aliphatic carbocycles. The highest BCUT2D eigenvalue weighted by Gasteiger charge is 2.29. The predicted octanol–water partition coefficient (Wildman–Crippen LogP) is 3.65. The maximum atomic E-state index is 12.5. The van der Waals surface area contributed by atoms with Gasteiger partial charge in [0, 0.05) is 17.3 Å². The van der Waals surface area contributed by atoms with E-state index in [0.29, 0.717) is 5.69 Å². The standard InChI is InChI=1S/C18H19ClN2O3S/c1-11-4-3-5-16(12(11)2)20-18(22)13-6-9-15(19)17(10-13)25(23,24)21-14-7-8-14/h3-6,9-10,14,21H,7-8H2,1-2H3,(H,20,22). The number of aryl methyl sites for hydroxylation is 1. The minimum atomic E-state index is -3.73. The largest absolute Gasteiger partial charge is 0.322 e. The van der Waals surface area contributed by atoms with Crippen LogP contribution in [-0.4, -0.2) is 20.4 Å². The van der Waals surface area contributed by atoms with Crippen LogP contribution in [0.25, 0.3) is 0 Å². The van der Waals surface area contributed by atoms with E-state index in [1.165, 1.54) is 18.2 Å². The number of nitrogens with one attached hydrogen (secondary N) is 2. The molecule has 0 radical (unpaired) electrons. The Labute approximate surface area is 152 Å². The van der Waals surface area contributed by atoms with E-state index in [1.54, 1.807) is 0 Å². The van der Waals surface area contributed by atoms with Gasteiger partial charge >= 0.3 is 0 Å². The van der Waals surface area contributed by atoms with Gasteiger partial charge in [0.2, 0.25) is 10.0 Å². The van der Waals surface area contributed by atoms with E-state index in [4.69, 9.17) is 11.6 Å². The Morgan fingerprint density at radius 3 is 2.56 bits per heavy atom. The smallest absolute Gasteiger partial charge is 0.255 e. The number of amides is 1. The molecule has 1 fully saturated rings. The van der Waals surface area contributed by atoms with E-state index >= 15 is 0 Å². The second kappa shape index (κ2) is 6.78. The zero-order chi connectivity index (χ0) is 18.2. The molecule has 7 heteroatoms. The van der Waals surface area contributed by atoms with Crippen LogP contribution in [0.15, 0.2) is 41.3 Å². The van der Waals surface area contributed by atoms with Crippen LogP contribution in [0, 0.1) is 13.8 Å². The fourth-order valence-electron chi connectivity index (χ4n) is 2.42. The maximum absolute atomic E-state index is 12.5. The Hall–Kier alpha value is -1.89. The first-order valence-corrected chi connectivity index (χ1v) is 9.83. The number of carbonyl (C=O) groups excluding carboxylic acids is 1. The lowest BCUT2D eigenvalue weighted by molar-refractivity contribution is 0.102. The lowest BCUT2D eigenvalue weighted by Gasteiger charge is -2.12. The fourth-order valence-corrected chi connectivity index (χ4v) is 4.25. The van der Waals surface area contributed by atoms with E-state index in [9.17, 15) is 13.2 Å². The molecule has 0 saturated heterocycles. The second-order valence-electron chi connectivity index (χ2n) is 6.24. The SMILES string of the molecule is Cc1cccc(NC(=O)c2ccc(Cl)c(S(=O)(=O)NC3CC3)c2)c1C. The summed E-state index contributed by atoms with van der Waals surface area (Å²) in [6.07, 6.45) is 1.65. The number of hydrogen-bond donors (Lipinski definition) is 2. The van der Waals surface area contributed by atoms with Gasteiger partial charge in [0.05, 0.1) is 5.02 Å². The molecule has 0 aliphatic heterocycles. The molecule has 0 aromatic heterocycles. The van der Waals surface area contributed by atoms with Crippen molar-refractivity contribution in [3.63, 3.8) is 0 Å². The first-order valence-electron chi connectivity index (χ1n) is 7.97. The van der Waals surface area contributed by atoms with Gasteiger partial charge in [-0.25, -0.2) is 13.1 Å². The topological polar surface area (TPSA) is 75.3 Å². The number of benzene rings is 2. The number of halogens is 1. The van der Waals surface area contributed by atoms with Crippen molar-refractivity contribution in [2.45, 2.75) is 37.6 Å². The third-order valence-electron chi connectivity index (χ3n) is 4.23. The highest BCUT2D eigenvalue weighted by Crippen LogP contribution is 2.27. The van der Waals surface area contributed by atoms with Crippen molar-refractivity contribution >= 4 is 33.2 Å². The average molecular weight is 379 g/mol. The molecule has 1 aliphatic rings. The molecule has 2 aromatic rings. The molecule has 0 spiro atoms. The molecule has 5 nitrogen and oxygen atoms in total. The molecule has 0 atom stereocenters. The van der Waals surface area contributed by atoms with Crippen molar-refractivity contribution in [3.8, 4) is 0 Å². The molecular weight excluding hydrogens is 360 g/mol. The van der Waals surface area contributed by atoms with Crippen molar-refractivity contribution in [3.05, 3.63) is 58.1 Å². The monoisotopic (exact) mass is 378 g/mol. The van der Waals surface area contributed by atoms with E-state index in [0.717, 1.165) is 24.0 Å². The van der Waals surface area contributed by atoms with Crippen LogP contribution in [0.1, 0.15) is 34.3 Å². The van der Waals surface area contributed by atoms with Crippen LogP contribution in [0.2, 0.25) is 5.02 Å². The quantitative estimate of drug-likeness (QED) is 0.833. The van der Waals surface area contributed by atoms with Crippen molar-refractivity contribution < 1.29 is 13.2 Å². The van der Waals surface area contributed by atoms with Gasteiger partial charge in [-0.2, -0.15) is 0 Å². The maximum Gasteiger partial charge on any atom is 0.255 e. The first kappa shape index (κ1) is 17.9. The zero-order valence-electron chi connectivity index (χ0n) is 14.0. The molecule has 25 heavy (non-hydrogen) atoms. The Balaban J connectivity index is 1.88. The summed E-state index contributed by atoms with van der Waals surface area (Å²) in [6.45, 7) is 3.88. The Morgan fingerprint density at radius 2 is 1.88 bits per heavy atom. The molecule has 0 heterocycles. The fraction of sp³-hybridized carbons (Fsp3) is 0.278. The molecule has 0 unspecified atom stereocenters. The predicted molar refractivity (Wildman–Crippen MR) is 98.7 cm³/mol. The molecule has 2 N–H and O–H groups in total. The van der Waals surface area contributed by atoms with E-state index in [-0.39, 0.29) is 27.4 Å². The van der Waals surface area contributed by atoms with E-state index < -0.39 is 10.0 Å². The van der Waals surface area contributed by atoms with Crippen molar-refractivity contribution in [1.82, 2.24) is 4.72 Å². The summed E-state index contributed by atoms with van der Waals surface area (Å²) in [5.74, 6) is -0.381. The highest BCUT2D eigenvalue weighted by molar-refractivity contribution is 7.89. The van der Waals surface area contributed by atoms with Gasteiger partial charge in [-0.1, -0.05) is 23.7 Å². The molecule has 1 saturated carbocycles. The van der Waals surface area contributed by atoms with Crippen molar-refractivity contribution in [2.24, 2.45) is 0 Å². The molecule has 3 rings (SSSR count). The Kier molecular flexibility index (Phi) is 4.86. The zero-order valence-corrected chi connectivity index (χ0v) is 15.5. The minimum absolute atomic E-state index is 0.0338. The van der Waals surface area contributed by atoms with Crippen LogP contribution in [0.4, 0.5) is 5.69 Å². The highest BCUT2D eigenvalue weighted by atomic mass is 35.5. The summed E-state index contributed by atoms with van der Waals surface area (Å²) >= 11 is 6.04. The Morgan fingerprint density at radius 1 is 1.16 bits per heavy atom. The van der Waals surface area contributed by atoms with Crippen molar-refractivity contribution in [2.75, 3.05) is 5.32 Å². The number of carbonyl (C=O) groups is 1. The lowest BCUT2D eigenvalue weighted by atomic mass is 10.1. The molecule has 132 valence electrons. The number of anilines is 1. The van der Waals surface area contributed by atoms with Gasteiger partial charge in [0.1, 0.15) is 4.90 Å². The molecule has 0 bridgehead atoms. The number of hydrogen-bond acceptors (Lipinski definition) is 3. The van der Waals surface area contributed by atoms with Gasteiger partial charge in [0.25, 0.3) is 5.91 Å². The average Bonchev–Trinajstić information content (AvgIpc) is 3.35. The van der Waals surface area contributed by atoms with Gasteiger partial charge < -0.3 is 5.32 Å². The van der Waals surface area contributed by atoms with Crippen LogP contribution < -0.4 is 10.0 Å². The van der Waals surface area contributed by atoms with Crippen LogP contribution in [-0.2, 0) is 10.0 Å². The van der Waals surface area contributed by atoms with E-state index in [1.807, 2.05) is 32.0 Å². The van der Waals surface area contributed by atoms with Gasteiger partial charge in [-0.05, 0) is 62.1 Å². The van der Waals surface area contributed by atoms with Crippen LogP contribution >= 0.6 is 11.6 Å². The number of sulfonamides is 1. The van der Waals surface area contributed by atoms with Crippen molar-refractivity contribution in [1.29, 1.82) is 0 Å². The lowest BCUT2D eigenvalue weighted by Crippen LogP contribution is -2.26. The van der Waals surface area contributed by atoms with Gasteiger partial charge in [-0.15, -0.1) is 0 Å². The number of rotatable bonds is 5.